The van der Waals surface area contributed by atoms with Gasteiger partial charge in [0.1, 0.15) is 11.5 Å². The van der Waals surface area contributed by atoms with Crippen molar-refractivity contribution >= 4 is 36.5 Å². The van der Waals surface area contributed by atoms with E-state index in [1.165, 1.54) is 53.5 Å². The van der Waals surface area contributed by atoms with Crippen LogP contribution in [0, 0.1) is 0 Å². The van der Waals surface area contributed by atoms with Gasteiger partial charge in [-0.25, -0.2) is 0 Å². The van der Waals surface area contributed by atoms with Crippen LogP contribution in [0.3, 0.4) is 0 Å². The molecule has 0 atom stereocenters. The van der Waals surface area contributed by atoms with Crippen LogP contribution in [0.4, 0.5) is 8.63 Å². The number of fused-ring (bicyclic) bond motifs is 2. The lowest BCUT2D eigenvalue weighted by Gasteiger charge is -2.42. The summed E-state index contributed by atoms with van der Waals surface area (Å²) in [5, 5.41) is 0. The molecule has 0 amide bonds. The maximum absolute atomic E-state index is 19.8. The first-order chi connectivity index (χ1) is 33.5. The highest BCUT2D eigenvalue weighted by Crippen LogP contribution is 2.65. The molecule has 326 valence electrons. The first-order valence-corrected chi connectivity index (χ1v) is 23.5. The second-order valence-corrected chi connectivity index (χ2v) is 18.7. The second kappa shape index (κ2) is 14.5. The van der Waals surface area contributed by atoms with Gasteiger partial charge in [-0.2, -0.15) is 0 Å². The molecule has 7 heteroatoms. The molecule has 8 aliphatic rings. The molecule has 4 bridgehead atoms. The molecule has 0 fully saturated rings. The van der Waals surface area contributed by atoms with Gasteiger partial charge >= 0.3 is 6.97 Å². The van der Waals surface area contributed by atoms with Crippen molar-refractivity contribution in [3.63, 3.8) is 0 Å². The lowest BCUT2D eigenvalue weighted by atomic mass is 9.59. The molecular formula is C61H43BF2N2O2. The normalized spacial score (nSPS) is 20.5. The summed E-state index contributed by atoms with van der Waals surface area (Å²) in [6.07, 6.45) is 7.91. The molecule has 7 aromatic carbocycles. The lowest BCUT2D eigenvalue weighted by molar-refractivity contribution is -0.362. The van der Waals surface area contributed by atoms with Crippen LogP contribution in [-0.4, -0.2) is 35.9 Å². The Morgan fingerprint density at radius 2 is 0.868 bits per heavy atom. The average Bonchev–Trinajstić information content (AvgIpc) is 3.93. The molecule has 0 N–H and O–H groups in total. The number of halogens is 2. The maximum Gasteiger partial charge on any atom is 0.737 e. The highest BCUT2D eigenvalue weighted by Gasteiger charge is 2.63. The predicted molar refractivity (Wildman–Crippen MR) is 268 cm³/mol. The van der Waals surface area contributed by atoms with E-state index in [-0.39, 0.29) is 23.7 Å². The summed E-state index contributed by atoms with van der Waals surface area (Å²) in [4.78, 5) is 0. The van der Waals surface area contributed by atoms with E-state index in [1.54, 1.807) is 14.2 Å². The van der Waals surface area contributed by atoms with Crippen molar-refractivity contribution in [3.05, 3.63) is 283 Å². The van der Waals surface area contributed by atoms with Crippen molar-refractivity contribution in [2.75, 3.05) is 14.2 Å². The van der Waals surface area contributed by atoms with Crippen molar-refractivity contribution in [2.24, 2.45) is 0 Å². The van der Waals surface area contributed by atoms with E-state index in [9.17, 15) is 0 Å². The molecule has 6 aliphatic carbocycles. The number of benzene rings is 7. The van der Waals surface area contributed by atoms with Gasteiger partial charge in [-0.1, -0.05) is 158 Å². The summed E-state index contributed by atoms with van der Waals surface area (Å²) in [5.41, 5.74) is 19.1. The minimum atomic E-state index is -4.60. The first-order valence-electron chi connectivity index (χ1n) is 23.5. The quantitative estimate of drug-likeness (QED) is 0.149. The third-order valence-corrected chi connectivity index (χ3v) is 15.5. The molecule has 2 aliphatic heterocycles. The summed E-state index contributed by atoms with van der Waals surface area (Å²) in [5.74, 6) is 0.442. The fraction of sp³-hybridized carbons (Fsp3) is 0.0984. The van der Waals surface area contributed by atoms with E-state index in [1.807, 2.05) is 91.0 Å². The van der Waals surface area contributed by atoms with Crippen molar-refractivity contribution in [1.82, 2.24) is 4.48 Å². The van der Waals surface area contributed by atoms with Crippen LogP contribution >= 0.6 is 0 Å². The molecule has 0 saturated heterocycles. The maximum atomic E-state index is 19.8. The Bertz CT molecular complexity index is 3540. The number of methoxy groups -OCH3 is 2. The van der Waals surface area contributed by atoms with Gasteiger partial charge in [0.05, 0.1) is 19.8 Å². The topological polar surface area (TPSA) is 26.4 Å². The third kappa shape index (κ3) is 5.21. The van der Waals surface area contributed by atoms with Crippen LogP contribution in [-0.2, 0) is 0 Å². The number of nitrogens with zero attached hydrogens (tertiary/aromatic N) is 2. The lowest BCUT2D eigenvalue weighted by Crippen LogP contribution is -2.52. The Morgan fingerprint density at radius 3 is 1.34 bits per heavy atom. The number of hydrogen-bond donors (Lipinski definition) is 0. The zero-order valence-electron chi connectivity index (χ0n) is 37.4. The summed E-state index contributed by atoms with van der Waals surface area (Å²) in [7, 11) is 3.30. The third-order valence-electron chi connectivity index (χ3n) is 15.5. The van der Waals surface area contributed by atoms with Gasteiger partial charge in [0, 0.05) is 52.3 Å². The molecule has 16 rings (SSSR count). The molecule has 3 heterocycles. The molecule has 0 unspecified atom stereocenters. The Morgan fingerprint density at radius 1 is 0.456 bits per heavy atom. The number of ether oxygens (including phenoxy) is 2. The second-order valence-electron chi connectivity index (χ2n) is 18.7. The van der Waals surface area contributed by atoms with E-state index in [2.05, 4.69) is 109 Å². The van der Waals surface area contributed by atoms with Gasteiger partial charge in [-0.05, 0) is 109 Å². The Kier molecular flexibility index (Phi) is 8.34. The molecule has 4 nitrogen and oxygen atoms in total. The average molecular weight is 885 g/mol. The monoisotopic (exact) mass is 884 g/mol. The van der Waals surface area contributed by atoms with Crippen LogP contribution in [0.1, 0.15) is 107 Å². The minimum Gasteiger partial charge on any atom is -0.497 e. The molecule has 68 heavy (non-hydrogen) atoms. The summed E-state index contributed by atoms with van der Waals surface area (Å²) in [6, 6.07) is 60.4. The van der Waals surface area contributed by atoms with Crippen molar-refractivity contribution in [3.8, 4) is 11.5 Å². The number of aromatic nitrogens is 1. The van der Waals surface area contributed by atoms with E-state index >= 15 is 8.63 Å². The molecule has 1 aromatic heterocycles. The summed E-state index contributed by atoms with van der Waals surface area (Å²) in [6.45, 7) is -4.60. The fourth-order valence-electron chi connectivity index (χ4n) is 12.9. The highest BCUT2D eigenvalue weighted by molar-refractivity contribution is 6.59. The van der Waals surface area contributed by atoms with Gasteiger partial charge in [-0.15, -0.1) is 0 Å². The van der Waals surface area contributed by atoms with Gasteiger partial charge in [0.15, 0.2) is 11.4 Å². The predicted octanol–water partition coefficient (Wildman–Crippen LogP) is 13.4. The SMILES string of the molecule is COc1ccc(/C=C/C2=[N+]3C(=C(c4ccccc4)c4c5c(c(/C=C/c6ccc(OC)cc6)n4[B-]3(F)F)C3c4ccccc4C5c4ccccc43)C3=C2C2c4ccccc4C3c3ccccc32)cc1. The van der Waals surface area contributed by atoms with Crippen LogP contribution in [0.15, 0.2) is 199 Å². The van der Waals surface area contributed by atoms with E-state index in [0.29, 0.717) is 22.8 Å². The van der Waals surface area contributed by atoms with Gasteiger partial charge in [0.2, 0.25) is 0 Å². The molecule has 0 radical (unpaired) electrons. The first kappa shape index (κ1) is 39.2. The fourth-order valence-corrected chi connectivity index (χ4v) is 12.9. The standard InChI is InChI=1S/C61H43BF2N2O2/c1-67-39-30-24-36(25-31-39)28-34-49-56-52-41-16-6-10-20-45(41)54(46-21-11-7-17-42(46)52)58(56)60-51(38-14-4-3-5-15-38)61-59-55-47-22-12-8-18-43(47)53(44-19-9-13-23-48(44)55)57(59)50(66(61)62(63,64)65(49)60)35-29-37-26-32-40(68-2)33-27-37/h3-35,52-55H,1-2H3/b34-28+,35-29+. The van der Waals surface area contributed by atoms with Crippen molar-refractivity contribution in [2.45, 2.75) is 23.7 Å². The van der Waals surface area contributed by atoms with Gasteiger partial charge < -0.3 is 27.1 Å². The van der Waals surface area contributed by atoms with Crippen LogP contribution < -0.4 is 9.47 Å². The molecule has 0 spiro atoms. The smallest absolute Gasteiger partial charge is 0.497 e. The molecule has 8 aromatic rings. The molecule has 0 saturated carbocycles. The number of hydrogen-bond acceptors (Lipinski definition) is 2. The molecular weight excluding hydrogens is 841 g/mol. The number of rotatable bonds is 7. The number of allylic oxidation sites excluding steroid dienone is 3. The van der Waals surface area contributed by atoms with E-state index < -0.39 is 6.97 Å². The highest BCUT2D eigenvalue weighted by atomic mass is 19.2. The minimum absolute atomic E-state index is 0.253. The van der Waals surface area contributed by atoms with E-state index in [4.69, 9.17) is 9.47 Å². The largest absolute Gasteiger partial charge is 0.737 e. The Labute approximate surface area is 393 Å². The zero-order chi connectivity index (χ0) is 45.4. The van der Waals surface area contributed by atoms with Crippen molar-refractivity contribution in [1.29, 1.82) is 0 Å². The van der Waals surface area contributed by atoms with E-state index in [0.717, 1.165) is 56.0 Å². The van der Waals surface area contributed by atoms with Crippen molar-refractivity contribution < 1.29 is 22.6 Å². The Balaban J connectivity index is 1.14. The Hall–Kier alpha value is -8.03. The van der Waals surface area contributed by atoms with Crippen LogP contribution in [0.2, 0.25) is 0 Å². The van der Waals surface area contributed by atoms with Crippen LogP contribution in [0.5, 0.6) is 11.5 Å². The van der Waals surface area contributed by atoms with Crippen LogP contribution in [0.25, 0.3) is 23.8 Å². The zero-order valence-corrected chi connectivity index (χ0v) is 37.4. The summed E-state index contributed by atoms with van der Waals surface area (Å²) >= 11 is 0. The van der Waals surface area contributed by atoms with Gasteiger partial charge in [0.25, 0.3) is 0 Å². The van der Waals surface area contributed by atoms with Gasteiger partial charge in [-0.3, -0.25) is 0 Å². The summed E-state index contributed by atoms with van der Waals surface area (Å²) < 4.78 is 53.5.